The van der Waals surface area contributed by atoms with Gasteiger partial charge in [-0.15, -0.1) is 0 Å². The van der Waals surface area contributed by atoms with E-state index in [4.69, 9.17) is 9.47 Å². The summed E-state index contributed by atoms with van der Waals surface area (Å²) >= 11 is 0. The van der Waals surface area contributed by atoms with Crippen LogP contribution < -0.4 is 19.7 Å². The molecule has 252 valence electrons. The Morgan fingerprint density at radius 2 is 1.87 bits per heavy atom. The normalized spacial score (nSPS) is 18.7. The summed E-state index contributed by atoms with van der Waals surface area (Å²) in [4.78, 5) is 36.0. The molecule has 16 heteroatoms. The van der Waals surface area contributed by atoms with Gasteiger partial charge < -0.3 is 19.7 Å². The van der Waals surface area contributed by atoms with Crippen molar-refractivity contribution in [1.82, 2.24) is 24.3 Å². The number of fused-ring (bicyclic) bond motifs is 1. The van der Waals surface area contributed by atoms with E-state index in [0.717, 1.165) is 55.0 Å². The molecule has 0 unspecified atom stereocenters. The Morgan fingerprint density at radius 3 is 2.54 bits per heavy atom. The number of rotatable bonds is 10. The molecule has 0 atom stereocenters. The first kappa shape index (κ1) is 33.9. The second-order valence-corrected chi connectivity index (χ2v) is 14.0. The van der Waals surface area contributed by atoms with Crippen molar-refractivity contribution in [3.63, 3.8) is 0 Å². The molecule has 12 nitrogen and oxygen atoms in total. The Morgan fingerprint density at radius 1 is 1.15 bits per heavy atom. The average molecular weight is 669 g/mol. The van der Waals surface area contributed by atoms with Crippen LogP contribution in [0.2, 0.25) is 0 Å². The molecule has 2 amide bonds. The van der Waals surface area contributed by atoms with Gasteiger partial charge in [-0.2, -0.15) is 25.9 Å². The first-order chi connectivity index (χ1) is 21.8. The number of aromatic nitrogens is 2. The minimum absolute atomic E-state index is 0.0552. The second kappa shape index (κ2) is 13.7. The Kier molecular flexibility index (Phi) is 10.1. The van der Waals surface area contributed by atoms with Crippen LogP contribution in [-0.2, 0) is 32.3 Å². The number of alkyl halides is 3. The van der Waals surface area contributed by atoms with Gasteiger partial charge in [-0.3, -0.25) is 9.59 Å². The fraction of sp³-hybridized carbons (Fsp3) is 0.600. The van der Waals surface area contributed by atoms with E-state index in [0.29, 0.717) is 49.8 Å². The molecule has 0 bridgehead atoms. The van der Waals surface area contributed by atoms with E-state index in [1.165, 1.54) is 14.1 Å². The average Bonchev–Trinajstić information content (AvgIpc) is 3.44. The fourth-order valence-corrected chi connectivity index (χ4v) is 6.71. The van der Waals surface area contributed by atoms with Crippen LogP contribution in [0.3, 0.4) is 0 Å². The summed E-state index contributed by atoms with van der Waals surface area (Å²) in [6.07, 6.45) is 1.03. The van der Waals surface area contributed by atoms with Crippen LogP contribution in [0.4, 0.5) is 24.8 Å². The molecule has 2 aliphatic heterocycles. The molecule has 3 aliphatic rings. The SMILES string of the molecule is CN(C)S(=O)(=O)NC(=O)C1(NC(=O)c2cnc(N3CCc4cc(OCCC5CCOCC5)ccc43)nc2C(F)(F)F)CCCCC1. The van der Waals surface area contributed by atoms with E-state index in [9.17, 15) is 31.2 Å². The van der Waals surface area contributed by atoms with Gasteiger partial charge in [0.1, 0.15) is 11.3 Å². The van der Waals surface area contributed by atoms with Crippen molar-refractivity contribution in [2.24, 2.45) is 5.92 Å². The lowest BCUT2D eigenvalue weighted by Crippen LogP contribution is -2.61. The molecule has 3 heterocycles. The number of carbonyl (C=O) groups excluding carboxylic acids is 2. The van der Waals surface area contributed by atoms with Gasteiger partial charge in [0.25, 0.3) is 11.8 Å². The van der Waals surface area contributed by atoms with Crippen molar-refractivity contribution in [1.29, 1.82) is 0 Å². The third kappa shape index (κ3) is 7.55. The van der Waals surface area contributed by atoms with Gasteiger partial charge in [0.05, 0.1) is 12.2 Å². The number of benzene rings is 1. The van der Waals surface area contributed by atoms with E-state index < -0.39 is 45.0 Å². The monoisotopic (exact) mass is 668 g/mol. The molecule has 1 aromatic carbocycles. The number of hydrogen-bond donors (Lipinski definition) is 2. The highest BCUT2D eigenvalue weighted by atomic mass is 32.2. The number of nitrogens with one attached hydrogen (secondary N) is 2. The maximum Gasteiger partial charge on any atom is 0.434 e. The molecule has 1 saturated heterocycles. The first-order valence-electron chi connectivity index (χ1n) is 15.4. The topological polar surface area (TPSA) is 143 Å². The summed E-state index contributed by atoms with van der Waals surface area (Å²) < 4.78 is 81.8. The molecule has 5 rings (SSSR count). The predicted molar refractivity (Wildman–Crippen MR) is 162 cm³/mol. The Balaban J connectivity index is 1.34. The lowest BCUT2D eigenvalue weighted by molar-refractivity contribution is -0.141. The summed E-state index contributed by atoms with van der Waals surface area (Å²) in [7, 11) is -1.77. The van der Waals surface area contributed by atoms with Crippen molar-refractivity contribution in [2.75, 3.05) is 45.4 Å². The van der Waals surface area contributed by atoms with E-state index in [1.54, 1.807) is 17.0 Å². The van der Waals surface area contributed by atoms with Gasteiger partial charge in [0.2, 0.25) is 5.95 Å². The van der Waals surface area contributed by atoms with Crippen molar-refractivity contribution >= 4 is 33.7 Å². The molecule has 1 aromatic heterocycles. The second-order valence-electron chi connectivity index (χ2n) is 12.1. The molecule has 2 N–H and O–H groups in total. The fourth-order valence-electron chi connectivity index (χ4n) is 6.09. The molecule has 0 radical (unpaired) electrons. The number of amides is 2. The summed E-state index contributed by atoms with van der Waals surface area (Å²) in [5, 5.41) is 2.42. The van der Waals surface area contributed by atoms with Gasteiger partial charge in [0, 0.05) is 45.7 Å². The minimum atomic E-state index is -5.02. The Labute approximate surface area is 266 Å². The van der Waals surface area contributed by atoms with Gasteiger partial charge in [-0.05, 0) is 68.2 Å². The first-order valence-corrected chi connectivity index (χ1v) is 16.9. The van der Waals surface area contributed by atoms with E-state index >= 15 is 0 Å². The smallest absolute Gasteiger partial charge is 0.434 e. The van der Waals surface area contributed by atoms with Crippen molar-refractivity contribution in [3.05, 3.63) is 41.2 Å². The van der Waals surface area contributed by atoms with Gasteiger partial charge in [-0.1, -0.05) is 19.3 Å². The van der Waals surface area contributed by atoms with Crippen LogP contribution in [0.1, 0.15) is 73.0 Å². The lowest BCUT2D eigenvalue weighted by atomic mass is 9.81. The number of nitrogens with zero attached hydrogens (tertiary/aromatic N) is 4. The molecule has 2 fully saturated rings. The molecule has 1 aliphatic carbocycles. The quantitative estimate of drug-likeness (QED) is 0.387. The predicted octanol–water partition coefficient (Wildman–Crippen LogP) is 3.74. The molecule has 46 heavy (non-hydrogen) atoms. The van der Waals surface area contributed by atoms with E-state index in [-0.39, 0.29) is 18.8 Å². The number of carbonyl (C=O) groups is 2. The molecule has 1 saturated carbocycles. The largest absolute Gasteiger partial charge is 0.494 e. The standard InChI is InChI=1S/C30H39F3N6O6S/c1-38(2)46(42,43)37-27(41)29(12-4-3-5-13-29)36-26(40)23-19-34-28(35-25(23)30(31,32)33)39-14-8-21-18-22(6-7-24(21)39)45-17-11-20-9-15-44-16-10-20/h6-7,18-20H,3-5,8-17H2,1-2H3,(H,36,40)(H,37,41). The molecular weight excluding hydrogens is 629 g/mol. The Bertz CT molecular complexity index is 1540. The zero-order chi connectivity index (χ0) is 33.1. The zero-order valence-corrected chi connectivity index (χ0v) is 26.7. The number of anilines is 2. The lowest BCUT2D eigenvalue weighted by Gasteiger charge is -2.36. The zero-order valence-electron chi connectivity index (χ0n) is 25.9. The molecular formula is C30H39F3N6O6S. The van der Waals surface area contributed by atoms with E-state index in [1.807, 2.05) is 10.8 Å². The third-order valence-electron chi connectivity index (χ3n) is 8.81. The third-order valence-corrected chi connectivity index (χ3v) is 10.2. The summed E-state index contributed by atoms with van der Waals surface area (Å²) in [6, 6.07) is 5.40. The van der Waals surface area contributed by atoms with Crippen LogP contribution in [0.25, 0.3) is 0 Å². The molecule has 0 spiro atoms. The van der Waals surface area contributed by atoms with E-state index in [2.05, 4.69) is 15.3 Å². The number of ether oxygens (including phenoxy) is 2. The van der Waals surface area contributed by atoms with Crippen molar-refractivity contribution in [3.8, 4) is 5.75 Å². The van der Waals surface area contributed by atoms with Crippen LogP contribution in [0, 0.1) is 5.92 Å². The number of hydrogen-bond acceptors (Lipinski definition) is 9. The van der Waals surface area contributed by atoms with Gasteiger partial charge in [-0.25, -0.2) is 14.7 Å². The van der Waals surface area contributed by atoms with Crippen LogP contribution in [0.5, 0.6) is 5.75 Å². The Hall–Kier alpha value is -3.50. The summed E-state index contributed by atoms with van der Waals surface area (Å²) in [6.45, 7) is 2.42. The summed E-state index contributed by atoms with van der Waals surface area (Å²) in [5.41, 5.74) is -2.53. The summed E-state index contributed by atoms with van der Waals surface area (Å²) in [5.74, 6) is -1.22. The minimum Gasteiger partial charge on any atom is -0.494 e. The van der Waals surface area contributed by atoms with Crippen LogP contribution in [-0.4, -0.2) is 80.5 Å². The van der Waals surface area contributed by atoms with Gasteiger partial charge >= 0.3 is 16.4 Å². The number of halogens is 3. The van der Waals surface area contributed by atoms with Crippen LogP contribution in [0.15, 0.2) is 24.4 Å². The highest BCUT2D eigenvalue weighted by molar-refractivity contribution is 7.87. The highest BCUT2D eigenvalue weighted by Gasteiger charge is 2.45. The van der Waals surface area contributed by atoms with Crippen molar-refractivity contribution < 1.29 is 40.7 Å². The molecule has 2 aromatic rings. The highest BCUT2D eigenvalue weighted by Crippen LogP contribution is 2.38. The van der Waals surface area contributed by atoms with Crippen molar-refractivity contribution in [2.45, 2.75) is 69.5 Å². The van der Waals surface area contributed by atoms with Crippen LogP contribution >= 0.6 is 0 Å². The van der Waals surface area contributed by atoms with Gasteiger partial charge in [0.15, 0.2) is 5.69 Å². The maximum absolute atomic E-state index is 14.3. The maximum atomic E-state index is 14.3.